The predicted octanol–water partition coefficient (Wildman–Crippen LogP) is 4.07. The van der Waals surface area contributed by atoms with E-state index in [-0.39, 0.29) is 31.5 Å². The minimum Gasteiger partial charge on any atom is -0.478 e. The van der Waals surface area contributed by atoms with Crippen molar-refractivity contribution in [1.29, 1.82) is 0 Å². The van der Waals surface area contributed by atoms with Gasteiger partial charge in [0.2, 0.25) is 5.91 Å². The summed E-state index contributed by atoms with van der Waals surface area (Å²) < 4.78 is 53.8. The molecule has 230 valence electrons. The molecule has 2 aromatic carbocycles. The number of hydrogen-bond donors (Lipinski definition) is 2. The highest BCUT2D eigenvalue weighted by Crippen LogP contribution is 2.41. The van der Waals surface area contributed by atoms with Gasteiger partial charge in [0.05, 0.1) is 16.7 Å². The van der Waals surface area contributed by atoms with Crippen molar-refractivity contribution in [3.8, 4) is 0 Å². The molecule has 2 aliphatic heterocycles. The molecular formula is C29H30F4N4O6. The molecule has 0 aromatic heterocycles. The first-order valence-corrected chi connectivity index (χ1v) is 13.4. The third-order valence-electron chi connectivity index (χ3n) is 7.97. The Hall–Kier alpha value is -4.49. The third kappa shape index (κ3) is 5.65. The number of carboxylic acids is 1. The number of imide groups is 1. The number of piperidine rings is 1. The van der Waals surface area contributed by atoms with Crippen LogP contribution in [0.25, 0.3) is 0 Å². The van der Waals surface area contributed by atoms with Crippen LogP contribution >= 0.6 is 0 Å². The third-order valence-corrected chi connectivity index (χ3v) is 7.97. The first kappa shape index (κ1) is 31.4. The monoisotopic (exact) mass is 606 g/mol. The molecule has 1 spiro atoms. The summed E-state index contributed by atoms with van der Waals surface area (Å²) in [5, 5.41) is 11.7. The number of carbonyl (C=O) groups excluding carboxylic acids is 4. The highest BCUT2D eigenvalue weighted by atomic mass is 19.4. The molecule has 5 amide bonds. The number of aryl methyl sites for hydroxylation is 1. The van der Waals surface area contributed by atoms with Crippen molar-refractivity contribution in [3.05, 3.63) is 64.5 Å². The summed E-state index contributed by atoms with van der Waals surface area (Å²) in [5.41, 5.74) is -2.68. The van der Waals surface area contributed by atoms with Gasteiger partial charge in [-0.15, -0.1) is 0 Å². The number of likely N-dealkylation sites (tertiary alicyclic amines) is 1. The fourth-order valence-electron chi connectivity index (χ4n) is 5.55. The fourth-order valence-corrected chi connectivity index (χ4v) is 5.55. The predicted molar refractivity (Wildman–Crippen MR) is 145 cm³/mol. The molecule has 2 fully saturated rings. The Kier molecular flexibility index (Phi) is 8.27. The Morgan fingerprint density at radius 1 is 1.00 bits per heavy atom. The molecular weight excluding hydrogens is 576 g/mol. The second-order valence-electron chi connectivity index (χ2n) is 11.0. The second kappa shape index (κ2) is 11.3. The number of urea groups is 1. The molecule has 10 nitrogen and oxygen atoms in total. The molecule has 2 heterocycles. The van der Waals surface area contributed by atoms with E-state index in [1.54, 1.807) is 20.8 Å². The molecule has 2 aliphatic rings. The maximum Gasteiger partial charge on any atom is 0.416 e. The number of carbonyl (C=O) groups is 5. The van der Waals surface area contributed by atoms with Gasteiger partial charge >= 0.3 is 18.2 Å². The second-order valence-corrected chi connectivity index (χ2v) is 11.0. The van der Waals surface area contributed by atoms with Crippen LogP contribution < -0.4 is 10.2 Å². The number of hydrogen-bond acceptors (Lipinski definition) is 5. The molecule has 43 heavy (non-hydrogen) atoms. The maximum absolute atomic E-state index is 14.3. The summed E-state index contributed by atoms with van der Waals surface area (Å²) >= 11 is 0. The highest BCUT2D eigenvalue weighted by Gasteiger charge is 2.58. The van der Waals surface area contributed by atoms with Gasteiger partial charge < -0.3 is 15.3 Å². The van der Waals surface area contributed by atoms with E-state index in [1.807, 2.05) is 0 Å². The number of benzene rings is 2. The Bertz CT molecular complexity index is 1500. The van der Waals surface area contributed by atoms with Crippen LogP contribution in [0, 0.1) is 18.7 Å². The number of alkyl halides is 3. The van der Waals surface area contributed by atoms with Gasteiger partial charge in [0.25, 0.3) is 11.8 Å². The largest absolute Gasteiger partial charge is 0.478 e. The average Bonchev–Trinajstić information content (AvgIpc) is 3.11. The summed E-state index contributed by atoms with van der Waals surface area (Å²) in [7, 11) is 1.33. The lowest BCUT2D eigenvalue weighted by Gasteiger charge is -2.43. The van der Waals surface area contributed by atoms with Crippen LogP contribution in [0.3, 0.4) is 0 Å². The smallest absolute Gasteiger partial charge is 0.416 e. The molecule has 1 atom stereocenters. The number of carboxylic acid groups (broad SMARTS) is 1. The van der Waals surface area contributed by atoms with Crippen molar-refractivity contribution in [1.82, 2.24) is 15.1 Å². The van der Waals surface area contributed by atoms with Gasteiger partial charge in [-0.3, -0.25) is 24.2 Å². The highest BCUT2D eigenvalue weighted by molar-refractivity contribution is 6.17. The Labute approximate surface area is 244 Å². The molecule has 2 aromatic rings. The minimum atomic E-state index is -4.81. The van der Waals surface area contributed by atoms with Crippen LogP contribution in [0.2, 0.25) is 0 Å². The first-order chi connectivity index (χ1) is 20.0. The van der Waals surface area contributed by atoms with Crippen LogP contribution in [-0.4, -0.2) is 76.3 Å². The number of nitrogens with zero attached hydrogens (tertiary/aromatic N) is 3. The molecule has 2 saturated heterocycles. The summed E-state index contributed by atoms with van der Waals surface area (Å²) in [5.74, 6) is -5.11. The SMILES string of the molecule is Cc1cc(N2C(=O)N(C)C(=O)C23CCN(C(=O)[C@H](NC(=O)c2cc(C(F)(F)F)ccc2F)C(C)C)CC3)ccc1C(=O)O. The van der Waals surface area contributed by atoms with E-state index in [0.717, 1.165) is 4.90 Å². The van der Waals surface area contributed by atoms with Gasteiger partial charge in [0.15, 0.2) is 0 Å². The standard InChI is InChI=1S/C29H30F4N4O6/c1-15(2)22(34-23(38)20-14-17(29(31,32)33)5-8-21(20)30)24(39)36-11-9-28(10-12-36)26(42)35(4)27(43)37(28)18-6-7-19(25(40)41)16(3)13-18/h5-8,13-15,22H,9-12H2,1-4H3,(H,34,38)(H,40,41)/t22-/m1/s1. The lowest BCUT2D eigenvalue weighted by Crippen LogP contribution is -2.60. The fraction of sp³-hybridized carbons (Fsp3) is 0.414. The number of nitrogens with one attached hydrogen (secondary N) is 1. The molecule has 0 bridgehead atoms. The molecule has 0 aliphatic carbocycles. The van der Waals surface area contributed by atoms with Gasteiger partial charge in [-0.1, -0.05) is 13.8 Å². The van der Waals surface area contributed by atoms with Crippen molar-refractivity contribution in [2.45, 2.75) is 51.4 Å². The van der Waals surface area contributed by atoms with Crippen LogP contribution in [0.1, 0.15) is 58.5 Å². The molecule has 14 heteroatoms. The van der Waals surface area contributed by atoms with Gasteiger partial charge in [-0.05, 0) is 67.6 Å². The van der Waals surface area contributed by atoms with E-state index in [2.05, 4.69) is 5.32 Å². The molecule has 4 rings (SSSR count). The Morgan fingerprint density at radius 2 is 1.63 bits per heavy atom. The number of amides is 5. The van der Waals surface area contributed by atoms with Gasteiger partial charge in [-0.2, -0.15) is 13.2 Å². The number of rotatable bonds is 6. The number of aromatic carboxylic acids is 1. The van der Waals surface area contributed by atoms with Crippen molar-refractivity contribution in [2.24, 2.45) is 5.92 Å². The van der Waals surface area contributed by atoms with Crippen molar-refractivity contribution in [3.63, 3.8) is 0 Å². The number of likely N-dealkylation sites (N-methyl/N-ethyl adjacent to an activating group) is 1. The molecule has 0 saturated carbocycles. The summed E-state index contributed by atoms with van der Waals surface area (Å²) in [6.45, 7) is 4.76. The van der Waals surface area contributed by atoms with Crippen LogP contribution in [0.15, 0.2) is 36.4 Å². The summed E-state index contributed by atoms with van der Waals surface area (Å²) in [4.78, 5) is 68.1. The lowest BCUT2D eigenvalue weighted by atomic mass is 9.84. The van der Waals surface area contributed by atoms with E-state index in [4.69, 9.17) is 0 Å². The van der Waals surface area contributed by atoms with Crippen LogP contribution in [0.5, 0.6) is 0 Å². The van der Waals surface area contributed by atoms with Gasteiger partial charge in [-0.25, -0.2) is 14.0 Å². The van der Waals surface area contributed by atoms with E-state index < -0.39 is 70.3 Å². The van der Waals surface area contributed by atoms with Gasteiger partial charge in [0, 0.05) is 25.8 Å². The maximum atomic E-state index is 14.3. The zero-order valence-electron chi connectivity index (χ0n) is 23.8. The van der Waals surface area contributed by atoms with Crippen LogP contribution in [-0.2, 0) is 15.8 Å². The Balaban J connectivity index is 1.55. The molecule has 2 N–H and O–H groups in total. The zero-order chi connectivity index (χ0) is 32.0. The van der Waals surface area contributed by atoms with E-state index in [0.29, 0.717) is 29.4 Å². The summed E-state index contributed by atoms with van der Waals surface area (Å²) in [6.07, 6.45) is -4.76. The molecule has 0 unspecified atom stereocenters. The van der Waals surface area contributed by atoms with Crippen molar-refractivity contribution in [2.75, 3.05) is 25.0 Å². The van der Waals surface area contributed by atoms with Crippen molar-refractivity contribution < 1.29 is 46.6 Å². The number of anilines is 1. The zero-order valence-corrected chi connectivity index (χ0v) is 23.8. The Morgan fingerprint density at radius 3 is 2.16 bits per heavy atom. The topological polar surface area (TPSA) is 127 Å². The van der Waals surface area contributed by atoms with Crippen molar-refractivity contribution >= 4 is 35.4 Å². The molecule has 0 radical (unpaired) electrons. The minimum absolute atomic E-state index is 0.00854. The van der Waals surface area contributed by atoms with E-state index in [9.17, 15) is 46.6 Å². The lowest BCUT2D eigenvalue weighted by molar-refractivity contribution is -0.139. The van der Waals surface area contributed by atoms with Gasteiger partial charge in [0.1, 0.15) is 17.4 Å². The quantitative estimate of drug-likeness (QED) is 0.377. The normalized spacial score (nSPS) is 17.6. The van der Waals surface area contributed by atoms with Crippen LogP contribution in [0.4, 0.5) is 28.0 Å². The average molecular weight is 607 g/mol. The van der Waals surface area contributed by atoms with E-state index >= 15 is 0 Å². The number of halogens is 4. The summed E-state index contributed by atoms with van der Waals surface area (Å²) in [6, 6.07) is 3.89. The van der Waals surface area contributed by atoms with E-state index in [1.165, 1.54) is 35.0 Å². The first-order valence-electron chi connectivity index (χ1n) is 13.4.